The van der Waals surface area contributed by atoms with Crippen LogP contribution in [-0.4, -0.2) is 6.54 Å². The van der Waals surface area contributed by atoms with Crippen molar-refractivity contribution in [2.75, 3.05) is 6.54 Å². The van der Waals surface area contributed by atoms with Crippen LogP contribution in [0.15, 0.2) is 22.7 Å². The first-order valence-electron chi connectivity index (χ1n) is 6.19. The van der Waals surface area contributed by atoms with Gasteiger partial charge in [0.25, 0.3) is 0 Å². The van der Waals surface area contributed by atoms with E-state index in [0.29, 0.717) is 11.5 Å². The SMILES string of the molecule is CC1(CNC2CCc3c(Br)cccc32)CC1. The molecule has 1 fully saturated rings. The van der Waals surface area contributed by atoms with Crippen LogP contribution < -0.4 is 5.32 Å². The molecule has 1 atom stereocenters. The third-order valence-corrected chi connectivity index (χ3v) is 4.84. The van der Waals surface area contributed by atoms with Gasteiger partial charge in [0.15, 0.2) is 0 Å². The molecule has 0 radical (unpaired) electrons. The number of hydrogen-bond acceptors (Lipinski definition) is 1. The second-order valence-electron chi connectivity index (χ2n) is 5.59. The summed E-state index contributed by atoms with van der Waals surface area (Å²) in [5.74, 6) is 0. The number of benzene rings is 1. The smallest absolute Gasteiger partial charge is 0.0326 e. The summed E-state index contributed by atoms with van der Waals surface area (Å²) in [5, 5.41) is 3.75. The molecule has 1 N–H and O–H groups in total. The van der Waals surface area contributed by atoms with Crippen LogP contribution in [0.2, 0.25) is 0 Å². The first kappa shape index (κ1) is 10.8. The molecule has 1 saturated carbocycles. The number of rotatable bonds is 3. The van der Waals surface area contributed by atoms with Gasteiger partial charge in [0, 0.05) is 17.1 Å². The molecule has 16 heavy (non-hydrogen) atoms. The molecule has 3 rings (SSSR count). The Morgan fingerprint density at radius 3 is 3.00 bits per heavy atom. The maximum absolute atomic E-state index is 3.75. The van der Waals surface area contributed by atoms with Crippen LogP contribution >= 0.6 is 15.9 Å². The van der Waals surface area contributed by atoms with Crippen molar-refractivity contribution in [2.24, 2.45) is 5.41 Å². The Balaban J connectivity index is 1.73. The maximum atomic E-state index is 3.75. The minimum Gasteiger partial charge on any atom is -0.309 e. The largest absolute Gasteiger partial charge is 0.309 e. The predicted octanol–water partition coefficient (Wildman–Crippen LogP) is 3.83. The van der Waals surface area contributed by atoms with Crippen molar-refractivity contribution in [1.82, 2.24) is 5.32 Å². The molecule has 0 spiro atoms. The molecule has 1 unspecified atom stereocenters. The van der Waals surface area contributed by atoms with Gasteiger partial charge in [-0.1, -0.05) is 35.0 Å². The lowest BCUT2D eigenvalue weighted by atomic mass is 10.1. The van der Waals surface area contributed by atoms with Gasteiger partial charge in [-0.05, 0) is 48.3 Å². The van der Waals surface area contributed by atoms with E-state index in [0.717, 1.165) is 0 Å². The van der Waals surface area contributed by atoms with Gasteiger partial charge in [0.1, 0.15) is 0 Å². The first-order valence-corrected chi connectivity index (χ1v) is 6.98. The normalized spacial score (nSPS) is 25.5. The first-order chi connectivity index (χ1) is 7.68. The minimum atomic E-state index is 0.588. The van der Waals surface area contributed by atoms with E-state index in [1.54, 1.807) is 0 Å². The highest BCUT2D eigenvalue weighted by atomic mass is 79.9. The van der Waals surface area contributed by atoms with Gasteiger partial charge in [-0.25, -0.2) is 0 Å². The highest BCUT2D eigenvalue weighted by Gasteiger charge is 2.37. The molecule has 1 nitrogen and oxygen atoms in total. The molecule has 0 aromatic heterocycles. The van der Waals surface area contributed by atoms with E-state index in [1.165, 1.54) is 47.8 Å². The fourth-order valence-electron chi connectivity index (χ4n) is 2.58. The van der Waals surface area contributed by atoms with E-state index in [2.05, 4.69) is 46.4 Å². The van der Waals surface area contributed by atoms with Crippen LogP contribution in [-0.2, 0) is 6.42 Å². The van der Waals surface area contributed by atoms with E-state index in [4.69, 9.17) is 0 Å². The number of fused-ring (bicyclic) bond motifs is 1. The second-order valence-corrected chi connectivity index (χ2v) is 6.44. The molecule has 0 amide bonds. The van der Waals surface area contributed by atoms with Crippen LogP contribution in [0.3, 0.4) is 0 Å². The number of halogens is 1. The Kier molecular flexibility index (Phi) is 2.60. The lowest BCUT2D eigenvalue weighted by Crippen LogP contribution is -2.25. The van der Waals surface area contributed by atoms with Crippen molar-refractivity contribution >= 4 is 15.9 Å². The second kappa shape index (κ2) is 3.85. The minimum absolute atomic E-state index is 0.588. The zero-order valence-corrected chi connectivity index (χ0v) is 11.3. The van der Waals surface area contributed by atoms with Crippen molar-refractivity contribution in [3.8, 4) is 0 Å². The number of nitrogens with one attached hydrogen (secondary N) is 1. The molecule has 2 aliphatic carbocycles. The highest BCUT2D eigenvalue weighted by molar-refractivity contribution is 9.10. The third kappa shape index (κ3) is 1.93. The lowest BCUT2D eigenvalue weighted by Gasteiger charge is -2.17. The molecule has 2 heteroatoms. The zero-order chi connectivity index (χ0) is 11.2. The Hall–Kier alpha value is -0.340. The quantitative estimate of drug-likeness (QED) is 0.887. The van der Waals surface area contributed by atoms with E-state index in [1.807, 2.05) is 0 Å². The van der Waals surface area contributed by atoms with Crippen LogP contribution in [0, 0.1) is 5.41 Å². The highest BCUT2D eigenvalue weighted by Crippen LogP contribution is 2.45. The van der Waals surface area contributed by atoms with Crippen molar-refractivity contribution in [3.05, 3.63) is 33.8 Å². The Morgan fingerprint density at radius 2 is 2.25 bits per heavy atom. The molecule has 2 aliphatic rings. The summed E-state index contributed by atoms with van der Waals surface area (Å²) in [4.78, 5) is 0. The van der Waals surface area contributed by atoms with Gasteiger partial charge < -0.3 is 5.32 Å². The van der Waals surface area contributed by atoms with E-state index in [9.17, 15) is 0 Å². The molecular formula is C14H18BrN. The summed E-state index contributed by atoms with van der Waals surface area (Å²) in [6, 6.07) is 7.18. The molecule has 0 bridgehead atoms. The van der Waals surface area contributed by atoms with Gasteiger partial charge >= 0.3 is 0 Å². The summed E-state index contributed by atoms with van der Waals surface area (Å²) >= 11 is 3.65. The Bertz CT molecular complexity index is 409. The topological polar surface area (TPSA) is 12.0 Å². The van der Waals surface area contributed by atoms with Gasteiger partial charge in [0.05, 0.1) is 0 Å². The monoisotopic (exact) mass is 279 g/mol. The van der Waals surface area contributed by atoms with Gasteiger partial charge in [-0.3, -0.25) is 0 Å². The van der Waals surface area contributed by atoms with E-state index >= 15 is 0 Å². The van der Waals surface area contributed by atoms with Gasteiger partial charge in [-0.2, -0.15) is 0 Å². The van der Waals surface area contributed by atoms with Crippen molar-refractivity contribution in [1.29, 1.82) is 0 Å². The Morgan fingerprint density at radius 1 is 1.44 bits per heavy atom. The third-order valence-electron chi connectivity index (χ3n) is 4.09. The summed E-state index contributed by atoms with van der Waals surface area (Å²) in [7, 11) is 0. The average molecular weight is 280 g/mol. The lowest BCUT2D eigenvalue weighted by molar-refractivity contribution is 0.439. The van der Waals surface area contributed by atoms with Crippen molar-refractivity contribution in [3.63, 3.8) is 0 Å². The van der Waals surface area contributed by atoms with Crippen LogP contribution in [0.1, 0.15) is 43.4 Å². The Labute approximate surface area is 106 Å². The van der Waals surface area contributed by atoms with Crippen molar-refractivity contribution < 1.29 is 0 Å². The summed E-state index contributed by atoms with van der Waals surface area (Å²) in [5.41, 5.74) is 3.63. The molecule has 0 aliphatic heterocycles. The van der Waals surface area contributed by atoms with E-state index < -0.39 is 0 Å². The zero-order valence-electron chi connectivity index (χ0n) is 9.72. The predicted molar refractivity (Wildman–Crippen MR) is 70.5 cm³/mol. The van der Waals surface area contributed by atoms with Crippen LogP contribution in [0.25, 0.3) is 0 Å². The number of hydrogen-bond donors (Lipinski definition) is 1. The molecule has 0 heterocycles. The molecule has 1 aromatic rings. The standard InChI is InChI=1S/C14H18BrN/c1-14(7-8-14)9-16-13-6-5-10-11(13)3-2-4-12(10)15/h2-4,13,16H,5-9H2,1H3. The van der Waals surface area contributed by atoms with E-state index in [-0.39, 0.29) is 0 Å². The fourth-order valence-corrected chi connectivity index (χ4v) is 3.16. The molecule has 86 valence electrons. The molecule has 1 aromatic carbocycles. The maximum Gasteiger partial charge on any atom is 0.0326 e. The van der Waals surface area contributed by atoms with Crippen LogP contribution in [0.4, 0.5) is 0 Å². The van der Waals surface area contributed by atoms with Crippen molar-refractivity contribution in [2.45, 2.75) is 38.6 Å². The fraction of sp³-hybridized carbons (Fsp3) is 0.571. The average Bonchev–Trinajstić information content (AvgIpc) is 2.86. The summed E-state index contributed by atoms with van der Waals surface area (Å²) in [6.07, 6.45) is 5.27. The molecular weight excluding hydrogens is 262 g/mol. The van der Waals surface area contributed by atoms with Crippen LogP contribution in [0.5, 0.6) is 0 Å². The van der Waals surface area contributed by atoms with Gasteiger partial charge in [-0.15, -0.1) is 0 Å². The van der Waals surface area contributed by atoms with Gasteiger partial charge in [0.2, 0.25) is 0 Å². The molecule has 0 saturated heterocycles. The summed E-state index contributed by atoms with van der Waals surface area (Å²) < 4.78 is 1.28. The summed E-state index contributed by atoms with van der Waals surface area (Å²) in [6.45, 7) is 3.57.